The number of hydrogen-bond acceptors (Lipinski definition) is 4. The SMILES string of the molecule is Cc1cc(/C=C2/SC(=O)N(CC(=O)Nc3cccc(F)c3)C2=O)c(C)n1-c1ccccc1Cl. The lowest BCUT2D eigenvalue weighted by atomic mass is 10.2. The summed E-state index contributed by atoms with van der Waals surface area (Å²) in [5.41, 5.74) is 3.60. The van der Waals surface area contributed by atoms with Gasteiger partial charge in [-0.05, 0) is 73.6 Å². The Hall–Kier alpha value is -3.36. The summed E-state index contributed by atoms with van der Waals surface area (Å²) >= 11 is 7.13. The van der Waals surface area contributed by atoms with Gasteiger partial charge in [0.2, 0.25) is 5.91 Å². The molecule has 33 heavy (non-hydrogen) atoms. The molecule has 1 N–H and O–H groups in total. The summed E-state index contributed by atoms with van der Waals surface area (Å²) in [5, 5.41) is 2.54. The maximum Gasteiger partial charge on any atom is 0.294 e. The molecule has 4 rings (SSSR count). The highest BCUT2D eigenvalue weighted by Gasteiger charge is 2.36. The molecule has 0 unspecified atom stereocenters. The van der Waals surface area contributed by atoms with Gasteiger partial charge in [-0.1, -0.05) is 29.8 Å². The number of para-hydroxylation sites is 1. The fourth-order valence-corrected chi connectivity index (χ4v) is 4.67. The highest BCUT2D eigenvalue weighted by atomic mass is 35.5. The van der Waals surface area contributed by atoms with Gasteiger partial charge in [-0.25, -0.2) is 4.39 Å². The van der Waals surface area contributed by atoms with Crippen LogP contribution in [0.2, 0.25) is 5.02 Å². The van der Waals surface area contributed by atoms with Crippen LogP contribution in [0.5, 0.6) is 0 Å². The predicted molar refractivity (Wildman–Crippen MR) is 128 cm³/mol. The van der Waals surface area contributed by atoms with E-state index < -0.39 is 29.4 Å². The Kier molecular flexibility index (Phi) is 6.40. The second-order valence-corrected chi connectivity index (χ2v) is 8.84. The lowest BCUT2D eigenvalue weighted by Crippen LogP contribution is -2.36. The number of nitrogens with zero attached hydrogens (tertiary/aromatic N) is 2. The van der Waals surface area contributed by atoms with Crippen LogP contribution in [0, 0.1) is 19.7 Å². The molecule has 0 saturated carbocycles. The van der Waals surface area contributed by atoms with Crippen molar-refractivity contribution in [3.63, 3.8) is 0 Å². The van der Waals surface area contributed by atoms with Crippen LogP contribution in [-0.4, -0.2) is 33.1 Å². The van der Waals surface area contributed by atoms with E-state index in [1.807, 2.05) is 42.7 Å². The van der Waals surface area contributed by atoms with Crippen molar-refractivity contribution < 1.29 is 18.8 Å². The van der Waals surface area contributed by atoms with Crippen LogP contribution in [0.1, 0.15) is 17.0 Å². The summed E-state index contributed by atoms with van der Waals surface area (Å²) in [4.78, 5) is 38.6. The third kappa shape index (κ3) is 4.72. The highest BCUT2D eigenvalue weighted by Crippen LogP contribution is 2.34. The van der Waals surface area contributed by atoms with E-state index in [0.29, 0.717) is 5.02 Å². The lowest BCUT2D eigenvalue weighted by Gasteiger charge is -2.12. The van der Waals surface area contributed by atoms with Crippen LogP contribution in [0.3, 0.4) is 0 Å². The molecule has 0 atom stereocenters. The van der Waals surface area contributed by atoms with Gasteiger partial charge < -0.3 is 9.88 Å². The van der Waals surface area contributed by atoms with E-state index in [2.05, 4.69) is 5.32 Å². The monoisotopic (exact) mass is 483 g/mol. The molecule has 1 saturated heterocycles. The Morgan fingerprint density at radius 2 is 1.88 bits per heavy atom. The number of halogens is 2. The molecular weight excluding hydrogens is 465 g/mol. The number of amides is 3. The summed E-state index contributed by atoms with van der Waals surface area (Å²) in [7, 11) is 0. The summed E-state index contributed by atoms with van der Waals surface area (Å²) < 4.78 is 15.3. The van der Waals surface area contributed by atoms with Gasteiger partial charge in [0.25, 0.3) is 11.1 Å². The van der Waals surface area contributed by atoms with Gasteiger partial charge in [-0.15, -0.1) is 0 Å². The molecule has 6 nitrogen and oxygen atoms in total. The van der Waals surface area contributed by atoms with Gasteiger partial charge in [0.05, 0.1) is 15.6 Å². The maximum absolute atomic E-state index is 13.3. The second-order valence-electron chi connectivity index (χ2n) is 7.44. The number of thioether (sulfide) groups is 1. The average molecular weight is 484 g/mol. The van der Waals surface area contributed by atoms with Crippen molar-refractivity contribution in [1.29, 1.82) is 0 Å². The van der Waals surface area contributed by atoms with Gasteiger partial charge >= 0.3 is 0 Å². The average Bonchev–Trinajstić information content (AvgIpc) is 3.18. The van der Waals surface area contributed by atoms with E-state index >= 15 is 0 Å². The number of imide groups is 1. The molecule has 0 radical (unpaired) electrons. The number of hydrogen-bond donors (Lipinski definition) is 1. The first-order valence-electron chi connectivity index (χ1n) is 9.99. The first-order chi connectivity index (χ1) is 15.7. The molecule has 3 amide bonds. The van der Waals surface area contributed by atoms with Crippen LogP contribution in [0.4, 0.5) is 14.9 Å². The third-order valence-corrected chi connectivity index (χ3v) is 6.36. The van der Waals surface area contributed by atoms with E-state index in [1.54, 1.807) is 12.1 Å². The van der Waals surface area contributed by atoms with Crippen molar-refractivity contribution >= 4 is 52.2 Å². The molecule has 1 fully saturated rings. The van der Waals surface area contributed by atoms with Crippen molar-refractivity contribution in [3.8, 4) is 5.69 Å². The Labute approximate surface area is 199 Å². The van der Waals surface area contributed by atoms with E-state index in [4.69, 9.17) is 11.6 Å². The molecule has 1 aliphatic heterocycles. The molecular formula is C24H19ClFN3O3S. The maximum atomic E-state index is 13.3. The Balaban J connectivity index is 1.54. The lowest BCUT2D eigenvalue weighted by molar-refractivity contribution is -0.127. The summed E-state index contributed by atoms with van der Waals surface area (Å²) in [6.45, 7) is 3.37. The van der Waals surface area contributed by atoms with Gasteiger partial charge in [0.15, 0.2) is 0 Å². The molecule has 2 heterocycles. The first kappa shape index (κ1) is 22.8. The third-order valence-electron chi connectivity index (χ3n) is 5.13. The van der Waals surface area contributed by atoms with Crippen LogP contribution < -0.4 is 5.32 Å². The van der Waals surface area contributed by atoms with Crippen molar-refractivity contribution in [2.24, 2.45) is 0 Å². The van der Waals surface area contributed by atoms with Crippen molar-refractivity contribution in [1.82, 2.24) is 9.47 Å². The number of benzene rings is 2. The fraction of sp³-hybridized carbons (Fsp3) is 0.125. The Morgan fingerprint density at radius 3 is 2.61 bits per heavy atom. The molecule has 0 spiro atoms. The Bertz CT molecular complexity index is 1320. The predicted octanol–water partition coefficient (Wildman–Crippen LogP) is 5.56. The smallest absolute Gasteiger partial charge is 0.294 e. The van der Waals surface area contributed by atoms with E-state index in [1.165, 1.54) is 18.2 Å². The van der Waals surface area contributed by atoms with Crippen LogP contribution in [-0.2, 0) is 9.59 Å². The first-order valence-corrected chi connectivity index (χ1v) is 11.2. The van der Waals surface area contributed by atoms with Gasteiger partial charge in [-0.2, -0.15) is 0 Å². The van der Waals surface area contributed by atoms with Crippen LogP contribution >= 0.6 is 23.4 Å². The number of rotatable bonds is 5. The number of nitrogens with one attached hydrogen (secondary N) is 1. The van der Waals surface area contributed by atoms with Crippen molar-refractivity contribution in [2.45, 2.75) is 13.8 Å². The zero-order chi connectivity index (χ0) is 23.7. The Morgan fingerprint density at radius 1 is 1.12 bits per heavy atom. The molecule has 9 heteroatoms. The van der Waals surface area contributed by atoms with Gasteiger partial charge in [0.1, 0.15) is 12.4 Å². The van der Waals surface area contributed by atoms with Crippen LogP contribution in [0.15, 0.2) is 59.5 Å². The van der Waals surface area contributed by atoms with Crippen LogP contribution in [0.25, 0.3) is 11.8 Å². The minimum Gasteiger partial charge on any atom is -0.324 e. The standard InChI is InChI=1S/C24H19ClFN3O3S/c1-14-10-16(15(2)29(14)20-9-4-3-8-19(20)25)11-21-23(31)28(24(32)33-21)13-22(30)27-18-7-5-6-17(26)12-18/h3-12H,13H2,1-2H3,(H,27,30)/b21-11+. The molecule has 0 aliphatic carbocycles. The van der Waals surface area contributed by atoms with Crippen molar-refractivity contribution in [3.05, 3.63) is 87.3 Å². The summed E-state index contributed by atoms with van der Waals surface area (Å²) in [6.07, 6.45) is 1.64. The molecule has 2 aromatic carbocycles. The fourth-order valence-electron chi connectivity index (χ4n) is 3.63. The zero-order valence-electron chi connectivity index (χ0n) is 17.8. The van der Waals surface area contributed by atoms with E-state index in [0.717, 1.165) is 45.4 Å². The van der Waals surface area contributed by atoms with Crippen molar-refractivity contribution in [2.75, 3.05) is 11.9 Å². The van der Waals surface area contributed by atoms with E-state index in [-0.39, 0.29) is 10.6 Å². The number of carbonyl (C=O) groups excluding carboxylic acids is 3. The quantitative estimate of drug-likeness (QED) is 0.482. The topological polar surface area (TPSA) is 71.4 Å². The number of carbonyl (C=O) groups is 3. The highest BCUT2D eigenvalue weighted by molar-refractivity contribution is 8.18. The molecule has 1 aromatic heterocycles. The van der Waals surface area contributed by atoms with Gasteiger partial charge in [-0.3, -0.25) is 19.3 Å². The minimum atomic E-state index is -0.596. The minimum absolute atomic E-state index is 0.220. The molecule has 0 bridgehead atoms. The summed E-state index contributed by atoms with van der Waals surface area (Å²) in [6, 6.07) is 14.7. The normalized spacial score (nSPS) is 14.9. The summed E-state index contributed by atoms with van der Waals surface area (Å²) in [5.74, 6) is -1.65. The van der Waals surface area contributed by atoms with E-state index in [9.17, 15) is 18.8 Å². The second kappa shape index (κ2) is 9.25. The number of aromatic nitrogens is 1. The van der Waals surface area contributed by atoms with Gasteiger partial charge in [0, 0.05) is 17.1 Å². The molecule has 3 aromatic rings. The molecule has 168 valence electrons. The largest absolute Gasteiger partial charge is 0.324 e. The zero-order valence-corrected chi connectivity index (χ0v) is 19.3. The molecule has 1 aliphatic rings. The number of aryl methyl sites for hydroxylation is 1. The number of anilines is 1.